The van der Waals surface area contributed by atoms with Gasteiger partial charge >= 0.3 is 5.69 Å². The normalized spacial score (nSPS) is 12.3. The predicted molar refractivity (Wildman–Crippen MR) is 133 cm³/mol. The lowest BCUT2D eigenvalue weighted by Crippen LogP contribution is -2.65. The second kappa shape index (κ2) is 10.1. The maximum atomic E-state index is 15.8. The third kappa shape index (κ3) is 4.89. The second-order valence-electron chi connectivity index (χ2n) is 7.55. The Balaban J connectivity index is 1.79. The smallest absolute Gasteiger partial charge is 0.258 e. The average Bonchev–Trinajstić information content (AvgIpc) is 2.85. The molecule has 0 spiro atoms. The molecule has 0 bridgehead atoms. The highest BCUT2D eigenvalue weighted by molar-refractivity contribution is 8.33. The van der Waals surface area contributed by atoms with Crippen LogP contribution in [0, 0.1) is 15.9 Å². The first-order valence-electron chi connectivity index (χ1n) is 10.4. The Bertz CT molecular complexity index is 1130. The molecule has 4 aromatic rings. The molecule has 0 N–H and O–H groups in total. The average molecular weight is 478 g/mol. The molecule has 0 aliphatic carbocycles. The molecule has 0 aromatic heterocycles. The molecule has 1 unspecified atom stereocenters. The van der Waals surface area contributed by atoms with Gasteiger partial charge in [-0.1, -0.05) is 97.1 Å². The molecule has 0 radical (unpaired) electrons. The van der Waals surface area contributed by atoms with Gasteiger partial charge in [0.05, 0.1) is 4.92 Å². The summed E-state index contributed by atoms with van der Waals surface area (Å²) >= 11 is 1.27. The van der Waals surface area contributed by atoms with Gasteiger partial charge in [0.1, 0.15) is 5.50 Å². The van der Waals surface area contributed by atoms with Gasteiger partial charge in [-0.3, -0.25) is 10.1 Å². The first-order chi connectivity index (χ1) is 16.0. The largest absolute Gasteiger partial charge is 0.305 e. The van der Waals surface area contributed by atoms with E-state index in [9.17, 15) is 14.5 Å². The lowest BCUT2D eigenvalue weighted by molar-refractivity contribution is -0.387. The highest BCUT2D eigenvalue weighted by Gasteiger charge is 2.42. The van der Waals surface area contributed by atoms with Gasteiger partial charge in [0.15, 0.2) is 0 Å². The molecule has 0 saturated heterocycles. The summed E-state index contributed by atoms with van der Waals surface area (Å²) in [5.74, 6) is -0.923. The van der Waals surface area contributed by atoms with Gasteiger partial charge in [-0.05, 0) is 27.2 Å². The number of nitro benzene ring substituents is 1. The summed E-state index contributed by atoms with van der Waals surface area (Å²) in [6.07, 6.45) is -0.0625. The number of benzene rings is 4. The van der Waals surface area contributed by atoms with Crippen molar-refractivity contribution in [2.24, 2.45) is 0 Å². The molecule has 4 rings (SSSR count). The second-order valence-corrected chi connectivity index (χ2v) is 13.9. The van der Waals surface area contributed by atoms with Crippen molar-refractivity contribution in [3.05, 3.63) is 131 Å². The molecule has 0 aliphatic heterocycles. The molecule has 3 nitrogen and oxygen atoms in total. The van der Waals surface area contributed by atoms with Crippen LogP contribution < -0.4 is 15.6 Å². The lowest BCUT2D eigenvalue weighted by Gasteiger charge is -2.34. The number of rotatable bonds is 8. The molecular weight excluding hydrogens is 456 g/mol. The minimum absolute atomic E-state index is 0.0625. The van der Waals surface area contributed by atoms with Crippen LogP contribution >= 0.6 is 11.2 Å². The Morgan fingerprint density at radius 3 is 1.67 bits per heavy atom. The van der Waals surface area contributed by atoms with Gasteiger partial charge in [0.2, 0.25) is 13.0 Å². The van der Waals surface area contributed by atoms with Gasteiger partial charge in [-0.25, -0.2) is 4.39 Å². The molecule has 166 valence electrons. The molecule has 0 saturated carbocycles. The van der Waals surface area contributed by atoms with E-state index in [2.05, 4.69) is 0 Å². The van der Waals surface area contributed by atoms with Gasteiger partial charge in [0, 0.05) is 12.5 Å². The first-order valence-corrected chi connectivity index (χ1v) is 14.0. The van der Waals surface area contributed by atoms with Gasteiger partial charge < -0.3 is 0 Å². The van der Waals surface area contributed by atoms with Crippen LogP contribution in [0.5, 0.6) is 0 Å². The van der Waals surface area contributed by atoms with Crippen LogP contribution in [0.2, 0.25) is 0 Å². The van der Waals surface area contributed by atoms with Crippen molar-refractivity contribution >= 4 is 39.7 Å². The number of alkyl halides is 1. The molecule has 0 amide bonds. The Morgan fingerprint density at radius 1 is 0.788 bits per heavy atom. The number of hydrogen-bond donors (Lipinski definition) is 0. The summed E-state index contributed by atoms with van der Waals surface area (Å²) in [7, 11) is -2.85. The van der Waals surface area contributed by atoms with Crippen LogP contribution in [0.4, 0.5) is 14.5 Å². The monoisotopic (exact) mass is 477 g/mol. The maximum Gasteiger partial charge on any atom is 0.305 e. The SMILES string of the molecule is O=[N+]([O-])c1cc(CC(F)S[Si](c2ccccc2)(c2ccccc2)c2ccccc2)ccc1F. The zero-order valence-electron chi connectivity index (χ0n) is 17.6. The van der Waals surface area contributed by atoms with Crippen LogP contribution in [-0.2, 0) is 6.42 Å². The van der Waals surface area contributed by atoms with Gasteiger partial charge in [-0.2, -0.15) is 4.39 Å². The number of nitrogens with zero attached hydrogens (tertiary/aromatic N) is 1. The van der Waals surface area contributed by atoms with Crippen molar-refractivity contribution in [1.82, 2.24) is 0 Å². The maximum absolute atomic E-state index is 15.8. The quantitative estimate of drug-likeness (QED) is 0.156. The fourth-order valence-corrected chi connectivity index (χ4v) is 11.9. The van der Waals surface area contributed by atoms with E-state index < -0.39 is 29.2 Å². The molecule has 1 atom stereocenters. The van der Waals surface area contributed by atoms with E-state index in [1.807, 2.05) is 91.0 Å². The highest BCUT2D eigenvalue weighted by atomic mass is 32.4. The van der Waals surface area contributed by atoms with Crippen molar-refractivity contribution in [1.29, 1.82) is 0 Å². The molecule has 0 aliphatic rings. The summed E-state index contributed by atoms with van der Waals surface area (Å²) in [5, 5.41) is 14.3. The van der Waals surface area contributed by atoms with E-state index in [0.717, 1.165) is 27.7 Å². The van der Waals surface area contributed by atoms with E-state index in [-0.39, 0.29) is 6.42 Å². The molecule has 4 aromatic carbocycles. The fourth-order valence-electron chi connectivity index (χ4n) is 3.97. The van der Waals surface area contributed by atoms with Crippen LogP contribution in [0.25, 0.3) is 0 Å². The van der Waals surface area contributed by atoms with Crippen LogP contribution in [0.1, 0.15) is 5.56 Å². The summed E-state index contributed by atoms with van der Waals surface area (Å²) in [5.41, 5.74) is -1.61. The molecule has 7 heteroatoms. The Morgan fingerprint density at radius 2 is 1.24 bits per heavy atom. The summed E-state index contributed by atoms with van der Waals surface area (Å²) in [4.78, 5) is 10.3. The van der Waals surface area contributed by atoms with Crippen LogP contribution in [0.3, 0.4) is 0 Å². The topological polar surface area (TPSA) is 43.1 Å². The fraction of sp³-hybridized carbons (Fsp3) is 0.0769. The minimum Gasteiger partial charge on any atom is -0.258 e. The standard InChI is InChI=1S/C26H21F2NO2SSi/c27-24-17-16-20(18-25(24)29(30)31)19-26(28)32-33(21-10-4-1-5-11-21,22-12-6-2-7-13-22)23-14-8-3-9-15-23/h1-18,26H,19H2. The lowest BCUT2D eigenvalue weighted by atomic mass is 10.1. The minimum atomic E-state index is -2.85. The zero-order chi connectivity index (χ0) is 23.3. The van der Waals surface area contributed by atoms with Gasteiger partial charge in [-0.15, -0.1) is 11.2 Å². The highest BCUT2D eigenvalue weighted by Crippen LogP contribution is 2.30. The first kappa shape index (κ1) is 22.9. The Labute approximate surface area is 195 Å². The van der Waals surface area contributed by atoms with Gasteiger partial charge in [0.25, 0.3) is 0 Å². The molecule has 0 heterocycles. The van der Waals surface area contributed by atoms with Crippen molar-refractivity contribution < 1.29 is 13.7 Å². The summed E-state index contributed by atoms with van der Waals surface area (Å²) in [6, 6.07) is 33.3. The third-order valence-electron chi connectivity index (χ3n) is 5.45. The van der Waals surface area contributed by atoms with E-state index in [1.54, 1.807) is 0 Å². The van der Waals surface area contributed by atoms with Crippen LogP contribution in [-0.4, -0.2) is 17.7 Å². The number of nitro groups is 1. The van der Waals surface area contributed by atoms with Crippen molar-refractivity contribution in [2.75, 3.05) is 0 Å². The molecule has 33 heavy (non-hydrogen) atoms. The number of halogens is 2. The van der Waals surface area contributed by atoms with E-state index >= 15 is 4.39 Å². The molecule has 0 fully saturated rings. The summed E-state index contributed by atoms with van der Waals surface area (Å²) in [6.45, 7) is 0. The van der Waals surface area contributed by atoms with Crippen molar-refractivity contribution in [3.8, 4) is 0 Å². The van der Waals surface area contributed by atoms with Crippen LogP contribution in [0.15, 0.2) is 109 Å². The van der Waals surface area contributed by atoms with Crippen molar-refractivity contribution in [3.63, 3.8) is 0 Å². The van der Waals surface area contributed by atoms with E-state index in [4.69, 9.17) is 0 Å². The van der Waals surface area contributed by atoms with Crippen molar-refractivity contribution in [2.45, 2.75) is 11.9 Å². The van der Waals surface area contributed by atoms with E-state index in [1.165, 1.54) is 17.3 Å². The third-order valence-corrected chi connectivity index (χ3v) is 13.6. The Hall–Kier alpha value is -3.29. The number of hydrogen-bond acceptors (Lipinski definition) is 3. The Kier molecular flexibility index (Phi) is 7.01. The zero-order valence-corrected chi connectivity index (χ0v) is 19.4. The summed E-state index contributed by atoms with van der Waals surface area (Å²) < 4.78 is 29.6. The van der Waals surface area contributed by atoms with E-state index in [0.29, 0.717) is 5.56 Å². The molecular formula is C26H21F2NO2SSi. The predicted octanol–water partition coefficient (Wildman–Crippen LogP) is 4.97.